The Morgan fingerprint density at radius 1 is 0.917 bits per heavy atom. The highest BCUT2D eigenvalue weighted by atomic mass is 15.3. The summed E-state index contributed by atoms with van der Waals surface area (Å²) in [7, 11) is 0. The minimum absolute atomic E-state index is 0.736. The van der Waals surface area contributed by atoms with Gasteiger partial charge in [-0.2, -0.15) is 5.10 Å². The van der Waals surface area contributed by atoms with Gasteiger partial charge in [-0.15, -0.1) is 0 Å². The summed E-state index contributed by atoms with van der Waals surface area (Å²) in [5.74, 6) is 0.736. The summed E-state index contributed by atoms with van der Waals surface area (Å²) in [4.78, 5) is 13.2. The van der Waals surface area contributed by atoms with Gasteiger partial charge in [0, 0.05) is 18.9 Å². The molecular weight excluding hydrogens is 300 g/mol. The maximum absolute atomic E-state index is 4.50. The fourth-order valence-corrected chi connectivity index (χ4v) is 3.01. The molecule has 0 saturated heterocycles. The fraction of sp³-hybridized carbons (Fsp3) is 0.556. The minimum atomic E-state index is 0.736. The number of hydrogen-bond acceptors (Lipinski definition) is 4. The Hall–Kier alpha value is -2.24. The van der Waals surface area contributed by atoms with Gasteiger partial charge >= 0.3 is 0 Å². The van der Waals surface area contributed by atoms with Crippen molar-refractivity contribution in [2.45, 2.75) is 64.8 Å². The molecule has 0 unspecified atom stereocenters. The molecule has 0 aliphatic rings. The second kappa shape index (κ2) is 8.57. The smallest absolute Gasteiger partial charge is 0.184 e. The Labute approximate surface area is 143 Å². The maximum atomic E-state index is 4.50. The number of aromatic nitrogens is 6. The van der Waals surface area contributed by atoms with E-state index in [1.807, 2.05) is 18.6 Å². The standard InChI is InChI=1S/C18H26N6/c1-2-3-4-5-6-7-8-9-12-23-15-21-16-17(23)19-14-20-18(16)24-13-10-11-22-24/h10-11,13-15H,2-9,12H2,1H3. The van der Waals surface area contributed by atoms with Crippen molar-refractivity contribution in [1.29, 1.82) is 0 Å². The summed E-state index contributed by atoms with van der Waals surface area (Å²) in [5, 5.41) is 4.24. The summed E-state index contributed by atoms with van der Waals surface area (Å²) < 4.78 is 3.86. The topological polar surface area (TPSA) is 61.4 Å². The summed E-state index contributed by atoms with van der Waals surface area (Å²) in [5.41, 5.74) is 1.69. The minimum Gasteiger partial charge on any atom is -0.315 e. The van der Waals surface area contributed by atoms with Gasteiger partial charge in [0.15, 0.2) is 17.0 Å². The second-order valence-corrected chi connectivity index (χ2v) is 6.23. The Bertz CT molecular complexity index is 731. The first-order valence-electron chi connectivity index (χ1n) is 9.06. The number of aryl methyl sites for hydroxylation is 1. The van der Waals surface area contributed by atoms with Gasteiger partial charge in [-0.25, -0.2) is 19.6 Å². The highest BCUT2D eigenvalue weighted by molar-refractivity contribution is 5.78. The van der Waals surface area contributed by atoms with Gasteiger partial charge in [-0.1, -0.05) is 51.9 Å². The normalized spacial score (nSPS) is 11.4. The molecule has 0 N–H and O–H groups in total. The van der Waals surface area contributed by atoms with Gasteiger partial charge in [-0.3, -0.25) is 0 Å². The molecule has 3 heterocycles. The molecule has 0 fully saturated rings. The molecule has 0 atom stereocenters. The zero-order chi connectivity index (χ0) is 16.6. The average Bonchev–Trinajstić information content (AvgIpc) is 3.27. The average molecular weight is 326 g/mol. The first kappa shape index (κ1) is 16.6. The van der Waals surface area contributed by atoms with Crippen LogP contribution in [-0.4, -0.2) is 29.3 Å². The van der Waals surface area contributed by atoms with Crippen LogP contribution in [0, 0.1) is 0 Å². The van der Waals surface area contributed by atoms with Gasteiger partial charge in [-0.05, 0) is 12.5 Å². The van der Waals surface area contributed by atoms with Crippen molar-refractivity contribution < 1.29 is 0 Å². The van der Waals surface area contributed by atoms with E-state index in [2.05, 4.69) is 31.5 Å². The monoisotopic (exact) mass is 326 g/mol. The second-order valence-electron chi connectivity index (χ2n) is 6.23. The molecule has 3 aromatic heterocycles. The van der Waals surface area contributed by atoms with Crippen LogP contribution in [0.4, 0.5) is 0 Å². The van der Waals surface area contributed by atoms with Crippen LogP contribution < -0.4 is 0 Å². The van der Waals surface area contributed by atoms with Crippen LogP contribution in [0.1, 0.15) is 58.3 Å². The summed E-state index contributed by atoms with van der Waals surface area (Å²) >= 11 is 0. The molecule has 3 aromatic rings. The first-order chi connectivity index (χ1) is 11.9. The molecule has 0 aromatic carbocycles. The van der Waals surface area contributed by atoms with E-state index in [4.69, 9.17) is 0 Å². The molecule has 0 bridgehead atoms. The maximum Gasteiger partial charge on any atom is 0.184 e. The number of hydrogen-bond donors (Lipinski definition) is 0. The van der Waals surface area contributed by atoms with Crippen LogP contribution in [0.25, 0.3) is 17.0 Å². The van der Waals surface area contributed by atoms with Crippen molar-refractivity contribution in [2.75, 3.05) is 0 Å². The van der Waals surface area contributed by atoms with Crippen LogP contribution in [0.2, 0.25) is 0 Å². The molecule has 0 amide bonds. The van der Waals surface area contributed by atoms with Gasteiger partial charge < -0.3 is 4.57 Å². The predicted octanol–water partition coefficient (Wildman–Crippen LogP) is 4.15. The van der Waals surface area contributed by atoms with E-state index in [9.17, 15) is 0 Å². The Morgan fingerprint density at radius 2 is 1.71 bits per heavy atom. The molecule has 24 heavy (non-hydrogen) atoms. The van der Waals surface area contributed by atoms with Crippen LogP contribution in [0.15, 0.2) is 31.1 Å². The number of rotatable bonds is 10. The van der Waals surface area contributed by atoms with Crippen LogP contribution >= 0.6 is 0 Å². The van der Waals surface area contributed by atoms with E-state index in [-0.39, 0.29) is 0 Å². The highest BCUT2D eigenvalue weighted by Gasteiger charge is 2.11. The lowest BCUT2D eigenvalue weighted by molar-refractivity contribution is 0.547. The van der Waals surface area contributed by atoms with Gasteiger partial charge in [0.1, 0.15) is 6.33 Å². The fourth-order valence-electron chi connectivity index (χ4n) is 3.01. The Balaban J connectivity index is 1.54. The zero-order valence-corrected chi connectivity index (χ0v) is 14.4. The van der Waals surface area contributed by atoms with Gasteiger partial charge in [0.2, 0.25) is 0 Å². The third-order valence-electron chi connectivity index (χ3n) is 4.36. The quantitative estimate of drug-likeness (QED) is 0.525. The van der Waals surface area contributed by atoms with Crippen LogP contribution in [0.3, 0.4) is 0 Å². The van der Waals surface area contributed by atoms with Crippen molar-refractivity contribution >= 4 is 11.2 Å². The van der Waals surface area contributed by atoms with E-state index >= 15 is 0 Å². The Kier molecular flexibility index (Phi) is 5.93. The van der Waals surface area contributed by atoms with Crippen molar-refractivity contribution in [1.82, 2.24) is 29.3 Å². The van der Waals surface area contributed by atoms with E-state index in [1.54, 1.807) is 17.2 Å². The van der Waals surface area contributed by atoms with Gasteiger partial charge in [0.25, 0.3) is 0 Å². The van der Waals surface area contributed by atoms with Crippen molar-refractivity contribution in [3.05, 3.63) is 31.1 Å². The molecule has 0 aliphatic heterocycles. The van der Waals surface area contributed by atoms with E-state index in [0.717, 1.165) is 23.5 Å². The number of nitrogens with zero attached hydrogens (tertiary/aromatic N) is 6. The molecular formula is C18H26N6. The lowest BCUT2D eigenvalue weighted by Gasteiger charge is -2.05. The summed E-state index contributed by atoms with van der Waals surface area (Å²) in [6.07, 6.45) is 17.6. The lowest BCUT2D eigenvalue weighted by atomic mass is 10.1. The first-order valence-corrected chi connectivity index (χ1v) is 9.06. The molecule has 0 aliphatic carbocycles. The van der Waals surface area contributed by atoms with Crippen LogP contribution in [0.5, 0.6) is 0 Å². The summed E-state index contributed by atoms with van der Waals surface area (Å²) in [6, 6.07) is 1.88. The van der Waals surface area contributed by atoms with E-state index < -0.39 is 0 Å². The lowest BCUT2D eigenvalue weighted by Crippen LogP contribution is -2.02. The Morgan fingerprint density at radius 3 is 2.46 bits per heavy atom. The van der Waals surface area contributed by atoms with Crippen molar-refractivity contribution in [2.24, 2.45) is 0 Å². The van der Waals surface area contributed by atoms with Crippen molar-refractivity contribution in [3.8, 4) is 5.82 Å². The van der Waals surface area contributed by atoms with E-state index in [1.165, 1.54) is 51.4 Å². The summed E-state index contributed by atoms with van der Waals surface area (Å²) in [6.45, 7) is 3.22. The number of imidazole rings is 1. The van der Waals surface area contributed by atoms with E-state index in [0.29, 0.717) is 0 Å². The largest absolute Gasteiger partial charge is 0.315 e. The molecule has 0 saturated carbocycles. The number of fused-ring (bicyclic) bond motifs is 1. The highest BCUT2D eigenvalue weighted by Crippen LogP contribution is 2.17. The van der Waals surface area contributed by atoms with Crippen molar-refractivity contribution in [3.63, 3.8) is 0 Å². The third-order valence-corrected chi connectivity index (χ3v) is 4.36. The third kappa shape index (κ3) is 3.99. The molecule has 6 heteroatoms. The SMILES string of the molecule is CCCCCCCCCCn1cnc2c(-n3cccn3)ncnc21. The van der Waals surface area contributed by atoms with Gasteiger partial charge in [0.05, 0.1) is 6.33 Å². The van der Waals surface area contributed by atoms with Crippen LogP contribution in [-0.2, 0) is 6.54 Å². The zero-order valence-electron chi connectivity index (χ0n) is 14.4. The number of unbranched alkanes of at least 4 members (excludes halogenated alkanes) is 7. The molecule has 0 radical (unpaired) electrons. The molecule has 3 rings (SSSR count). The molecule has 128 valence electrons. The molecule has 6 nitrogen and oxygen atoms in total. The molecule has 0 spiro atoms. The predicted molar refractivity (Wildman–Crippen MR) is 95.1 cm³/mol.